The molecule has 5 aromatic heterocycles. The number of aliphatic imine (C=N–C) groups is 1. The van der Waals surface area contributed by atoms with E-state index in [0.29, 0.717) is 68.5 Å². The summed E-state index contributed by atoms with van der Waals surface area (Å²) in [5.41, 5.74) is 17.6. The number of methoxy groups -OCH3 is 2. The Hall–Kier alpha value is -7.92. The Morgan fingerprint density at radius 3 is 2.45 bits per heavy atom. The molecule has 2 aliphatic rings. The zero-order valence-electron chi connectivity index (χ0n) is 32.6. The van der Waals surface area contributed by atoms with Crippen molar-refractivity contribution in [2.45, 2.75) is 19.5 Å². The molecular formula is C43H36N12O4S. The summed E-state index contributed by atoms with van der Waals surface area (Å²) in [5.74, 6) is 3.29. The van der Waals surface area contributed by atoms with Gasteiger partial charge in [0, 0.05) is 16.5 Å². The minimum Gasteiger partial charge on any atom is -0.495 e. The highest BCUT2D eigenvalue weighted by Crippen LogP contribution is 2.44. The molecular weight excluding hydrogens is 781 g/mol. The molecule has 7 heterocycles. The summed E-state index contributed by atoms with van der Waals surface area (Å²) < 4.78 is 23.8. The van der Waals surface area contributed by atoms with Crippen LogP contribution in [0.1, 0.15) is 17.7 Å². The zero-order chi connectivity index (χ0) is 41.0. The maximum Gasteiger partial charge on any atom is 0.224 e. The van der Waals surface area contributed by atoms with Crippen molar-refractivity contribution in [3.63, 3.8) is 0 Å². The van der Waals surface area contributed by atoms with Crippen LogP contribution in [0.4, 0.5) is 23.1 Å². The molecule has 0 bridgehead atoms. The van der Waals surface area contributed by atoms with Gasteiger partial charge in [-0.05, 0) is 73.0 Å². The van der Waals surface area contributed by atoms with E-state index in [4.69, 9.17) is 34.0 Å². The number of nitrogen functional groups attached to an aromatic ring is 1. The van der Waals surface area contributed by atoms with E-state index in [0.717, 1.165) is 44.1 Å². The molecule has 7 N–H and O–H groups in total. The van der Waals surface area contributed by atoms with Gasteiger partial charge in [-0.15, -0.1) is 11.3 Å². The van der Waals surface area contributed by atoms with E-state index in [9.17, 15) is 0 Å². The molecule has 1 atom stereocenters. The first-order valence-corrected chi connectivity index (χ1v) is 19.6. The first-order valence-electron chi connectivity index (χ1n) is 18.8. The fourth-order valence-corrected chi connectivity index (χ4v) is 8.03. The highest BCUT2D eigenvalue weighted by molar-refractivity contribution is 7.09. The first-order chi connectivity index (χ1) is 29.3. The summed E-state index contributed by atoms with van der Waals surface area (Å²) in [5, 5.41) is 26.0. The summed E-state index contributed by atoms with van der Waals surface area (Å²) in [4.78, 5) is 18.6. The number of aromatic amines is 1. The number of aromatic nitrogens is 5. The van der Waals surface area contributed by atoms with Gasteiger partial charge < -0.3 is 40.0 Å². The largest absolute Gasteiger partial charge is 0.495 e. The molecule has 0 spiro atoms. The van der Waals surface area contributed by atoms with E-state index in [-0.39, 0.29) is 5.95 Å². The maximum absolute atomic E-state index is 6.30. The molecule has 0 radical (unpaired) electrons. The highest BCUT2D eigenvalue weighted by atomic mass is 32.1. The van der Waals surface area contributed by atoms with Crippen LogP contribution < -0.4 is 36.6 Å². The van der Waals surface area contributed by atoms with Crippen LogP contribution in [0.15, 0.2) is 127 Å². The van der Waals surface area contributed by atoms with Crippen molar-refractivity contribution in [2.24, 2.45) is 10.1 Å². The molecule has 0 saturated heterocycles. The van der Waals surface area contributed by atoms with Crippen molar-refractivity contribution in [2.75, 3.05) is 30.6 Å². The van der Waals surface area contributed by atoms with Crippen molar-refractivity contribution < 1.29 is 18.3 Å². The Morgan fingerprint density at radius 1 is 0.817 bits per heavy atom. The average Bonchev–Trinajstić information content (AvgIpc) is 4.12. The predicted octanol–water partition coefficient (Wildman–Crippen LogP) is 8.29. The highest BCUT2D eigenvalue weighted by Gasteiger charge is 2.42. The van der Waals surface area contributed by atoms with Gasteiger partial charge in [0.2, 0.25) is 5.95 Å². The number of aryl methyl sites for hydroxylation is 1. The summed E-state index contributed by atoms with van der Waals surface area (Å²) in [7, 11) is 3.24. The van der Waals surface area contributed by atoms with Crippen LogP contribution in [0.25, 0.3) is 56.0 Å². The van der Waals surface area contributed by atoms with E-state index in [1.165, 1.54) is 0 Å². The van der Waals surface area contributed by atoms with E-state index in [1.54, 1.807) is 44.4 Å². The molecule has 1 unspecified atom stereocenters. The molecule has 0 amide bonds. The minimum atomic E-state index is -0.734. The number of nitrogens with one attached hydrogen (secondary N) is 5. The third kappa shape index (κ3) is 6.33. The lowest BCUT2D eigenvalue weighted by Crippen LogP contribution is -2.53. The average molecular weight is 817 g/mol. The second-order valence-corrected chi connectivity index (χ2v) is 15.2. The van der Waals surface area contributed by atoms with Crippen LogP contribution in [0.3, 0.4) is 0 Å². The molecule has 8 aromatic rings. The standard InChI is InChI=1S/C43H36N12O4S/c1-22-47-30(20-60-22)27-17-29(49-41-36-38(32-11-8-14-58-32)53-55-43(36,2)46-21-45-41)33(57-4)18-26(27)25-16-34(59-19-25)37-35-39(50-42(44)51-40(35)54-52-37)48-28-15-24(12-13-31(28)56-3)23-9-6-5-7-10-23/h5-21,49,55H,1-4H3,(H,45,46)(H4,44,48,50,51,52,54). The van der Waals surface area contributed by atoms with Crippen LogP contribution in [-0.2, 0) is 0 Å². The van der Waals surface area contributed by atoms with Gasteiger partial charge in [0.15, 0.2) is 22.8 Å². The van der Waals surface area contributed by atoms with Gasteiger partial charge >= 0.3 is 0 Å². The Bertz CT molecular complexity index is 3020. The van der Waals surface area contributed by atoms with Crippen molar-refractivity contribution >= 4 is 57.6 Å². The Labute approximate surface area is 346 Å². The van der Waals surface area contributed by atoms with E-state index in [1.807, 2.05) is 98.1 Å². The molecule has 0 fully saturated rings. The number of H-pyrrole nitrogens is 1. The van der Waals surface area contributed by atoms with Crippen LogP contribution >= 0.6 is 11.3 Å². The fourth-order valence-electron chi connectivity index (χ4n) is 7.42. The number of hydrogen-bond acceptors (Lipinski definition) is 16. The number of anilines is 4. The van der Waals surface area contributed by atoms with E-state index >= 15 is 0 Å². The minimum absolute atomic E-state index is 0.0625. The van der Waals surface area contributed by atoms with Gasteiger partial charge in [-0.25, -0.2) is 9.98 Å². The van der Waals surface area contributed by atoms with Crippen LogP contribution in [0.2, 0.25) is 0 Å². The monoisotopic (exact) mass is 816 g/mol. The summed E-state index contributed by atoms with van der Waals surface area (Å²) in [6.07, 6.45) is 4.93. The van der Waals surface area contributed by atoms with Gasteiger partial charge in [0.05, 0.1) is 66.1 Å². The smallest absolute Gasteiger partial charge is 0.224 e. The van der Waals surface area contributed by atoms with Crippen molar-refractivity contribution in [1.82, 2.24) is 35.9 Å². The quantitative estimate of drug-likeness (QED) is 0.0726. The maximum atomic E-state index is 6.30. The van der Waals surface area contributed by atoms with E-state index < -0.39 is 5.66 Å². The number of furan rings is 2. The number of benzene rings is 3. The molecule has 17 heteroatoms. The van der Waals surface area contributed by atoms with Crippen LogP contribution in [-0.4, -0.2) is 57.1 Å². The first kappa shape index (κ1) is 36.4. The third-order valence-electron chi connectivity index (χ3n) is 10.3. The second-order valence-electron chi connectivity index (χ2n) is 14.1. The molecule has 3 aromatic carbocycles. The Balaban J connectivity index is 1.05. The number of nitrogens with zero attached hydrogens (tertiary/aromatic N) is 6. The number of nitrogens with two attached hydrogens (primary N) is 1. The van der Waals surface area contributed by atoms with Crippen molar-refractivity contribution in [1.29, 1.82) is 0 Å². The van der Waals surface area contributed by atoms with Crippen LogP contribution in [0, 0.1) is 6.92 Å². The molecule has 16 nitrogen and oxygen atoms in total. The third-order valence-corrected chi connectivity index (χ3v) is 11.1. The lowest BCUT2D eigenvalue weighted by atomic mass is 9.95. The van der Waals surface area contributed by atoms with Gasteiger partial charge in [-0.2, -0.15) is 20.2 Å². The Kier molecular flexibility index (Phi) is 8.79. The van der Waals surface area contributed by atoms with Crippen LogP contribution in [0.5, 0.6) is 11.5 Å². The second kappa shape index (κ2) is 14.5. The molecule has 0 saturated carbocycles. The van der Waals surface area contributed by atoms with Gasteiger partial charge in [-0.1, -0.05) is 36.4 Å². The predicted molar refractivity (Wildman–Crippen MR) is 232 cm³/mol. The number of thiazole rings is 1. The summed E-state index contributed by atoms with van der Waals surface area (Å²) in [6, 6.07) is 25.5. The van der Waals surface area contributed by atoms with E-state index in [2.05, 4.69) is 46.6 Å². The lowest BCUT2D eigenvalue weighted by Gasteiger charge is -2.30. The molecule has 0 aliphatic carbocycles. The van der Waals surface area contributed by atoms with Crippen molar-refractivity contribution in [3.8, 4) is 56.5 Å². The Morgan fingerprint density at radius 2 is 1.67 bits per heavy atom. The molecule has 2 aliphatic heterocycles. The normalized spacial score (nSPS) is 15.7. The number of hydrazone groups is 1. The molecule has 298 valence electrons. The van der Waals surface area contributed by atoms with Gasteiger partial charge in [0.1, 0.15) is 34.5 Å². The number of ether oxygens (including phenoxy) is 2. The van der Waals surface area contributed by atoms with Crippen molar-refractivity contribution in [3.05, 3.63) is 119 Å². The number of hydrogen-bond donors (Lipinski definition) is 6. The summed E-state index contributed by atoms with van der Waals surface area (Å²) in [6.45, 7) is 3.96. The molecule has 60 heavy (non-hydrogen) atoms. The fraction of sp³-hybridized carbons (Fsp3) is 0.116. The SMILES string of the molecule is COc1cc(-c2coc(-c3n[nH]c4nc(N)nc(Nc5cc(-c6ccccc6)ccc5OC)c34)c2)c(-c2csc(C)n2)cc1NC1=C2C(c3ccco3)=NNC2(C)NC=N1. The number of fused-ring (bicyclic) bond motifs is 2. The molecule has 10 rings (SSSR count). The lowest BCUT2D eigenvalue weighted by molar-refractivity contribution is 0.416. The van der Waals surface area contributed by atoms with Gasteiger partial charge in [-0.3, -0.25) is 10.5 Å². The zero-order valence-corrected chi connectivity index (χ0v) is 33.4. The topological polar surface area (TPSA) is 211 Å². The number of rotatable bonds is 11. The van der Waals surface area contributed by atoms with Gasteiger partial charge in [0.25, 0.3) is 0 Å². The summed E-state index contributed by atoms with van der Waals surface area (Å²) >= 11 is 1.56.